The number of hydrogen-bond donors (Lipinski definition) is 1. The molecule has 1 heterocycles. The van der Waals surface area contributed by atoms with Gasteiger partial charge in [-0.1, -0.05) is 75.4 Å². The summed E-state index contributed by atoms with van der Waals surface area (Å²) in [7, 11) is 0. The Morgan fingerprint density at radius 2 is 1.64 bits per heavy atom. The third kappa shape index (κ3) is 5.15. The molecule has 0 aliphatic carbocycles. The number of unbranched alkanes of at least 4 members (excludes halogenated alkanes) is 5. The average molecular weight is 379 g/mol. The van der Waals surface area contributed by atoms with Crippen LogP contribution < -0.4 is 10.2 Å². The van der Waals surface area contributed by atoms with Crippen molar-refractivity contribution < 1.29 is 4.79 Å². The van der Waals surface area contributed by atoms with E-state index in [9.17, 15) is 4.79 Å². The lowest BCUT2D eigenvalue weighted by atomic mass is 9.91. The number of hydrogen-bond acceptors (Lipinski definition) is 2. The van der Waals surface area contributed by atoms with E-state index in [0.717, 1.165) is 30.6 Å². The first-order chi connectivity index (χ1) is 13.7. The molecule has 0 aromatic heterocycles. The van der Waals surface area contributed by atoms with E-state index in [0.29, 0.717) is 6.42 Å². The molecule has 2 aromatic carbocycles. The van der Waals surface area contributed by atoms with Crippen LogP contribution >= 0.6 is 0 Å². The Hall–Kier alpha value is -2.29. The molecule has 0 saturated carbocycles. The fraction of sp³-hybridized carbons (Fsp3) is 0.480. The normalized spacial score (nSPS) is 18.6. The van der Waals surface area contributed by atoms with Crippen molar-refractivity contribution >= 4 is 17.3 Å². The van der Waals surface area contributed by atoms with Gasteiger partial charge in [-0.25, -0.2) is 0 Å². The molecule has 2 aromatic rings. The second-order valence-corrected chi connectivity index (χ2v) is 7.99. The van der Waals surface area contributed by atoms with Gasteiger partial charge < -0.3 is 10.2 Å². The second kappa shape index (κ2) is 10.3. The summed E-state index contributed by atoms with van der Waals surface area (Å²) in [5, 5.41) is 3.66. The maximum Gasteiger partial charge on any atom is 0.227 e. The van der Waals surface area contributed by atoms with Crippen molar-refractivity contribution in [3.05, 3.63) is 60.2 Å². The molecule has 150 valence electrons. The highest BCUT2D eigenvalue weighted by molar-refractivity contribution is 5.95. The quantitative estimate of drug-likeness (QED) is 0.491. The van der Waals surface area contributed by atoms with Crippen molar-refractivity contribution in [2.24, 2.45) is 0 Å². The number of carbonyl (C=O) groups excluding carboxylic acids is 1. The van der Waals surface area contributed by atoms with Gasteiger partial charge in [0.25, 0.3) is 0 Å². The van der Waals surface area contributed by atoms with E-state index in [-0.39, 0.29) is 18.0 Å². The van der Waals surface area contributed by atoms with Crippen LogP contribution in [0.3, 0.4) is 0 Å². The van der Waals surface area contributed by atoms with Gasteiger partial charge in [-0.15, -0.1) is 0 Å². The fourth-order valence-corrected chi connectivity index (χ4v) is 4.24. The number of benzene rings is 2. The maximum absolute atomic E-state index is 13.0. The molecular formula is C25H34N2O. The highest BCUT2D eigenvalue weighted by atomic mass is 16.2. The van der Waals surface area contributed by atoms with Crippen molar-refractivity contribution in [2.45, 2.75) is 77.3 Å². The molecule has 0 bridgehead atoms. The molecule has 1 N–H and O–H groups in total. The zero-order valence-corrected chi connectivity index (χ0v) is 17.4. The Balaban J connectivity index is 1.67. The third-order valence-electron chi connectivity index (χ3n) is 5.72. The first-order valence-electron chi connectivity index (χ1n) is 10.9. The molecule has 3 heteroatoms. The molecule has 1 aliphatic heterocycles. The number of fused-ring (bicyclic) bond motifs is 1. The molecule has 2 atom stereocenters. The fourth-order valence-electron chi connectivity index (χ4n) is 4.24. The standard InChI is InChI=1S/C25H34N2O/c1-3-4-5-6-7-11-18-25(28)27-20(2)19-23(22-16-12-13-17-24(22)27)26-21-14-9-8-10-15-21/h8-10,12-17,20,23,26H,3-7,11,18-19H2,1-2H3/t20-,23-/m0/s1. The van der Waals surface area contributed by atoms with Crippen LogP contribution in [0.2, 0.25) is 0 Å². The summed E-state index contributed by atoms with van der Waals surface area (Å²) in [5.74, 6) is 0.272. The summed E-state index contributed by atoms with van der Waals surface area (Å²) in [6.07, 6.45) is 8.85. The molecule has 1 aliphatic rings. The van der Waals surface area contributed by atoms with Crippen molar-refractivity contribution in [3.63, 3.8) is 0 Å². The lowest BCUT2D eigenvalue weighted by molar-refractivity contribution is -0.119. The van der Waals surface area contributed by atoms with Crippen LogP contribution in [-0.4, -0.2) is 11.9 Å². The summed E-state index contributed by atoms with van der Waals surface area (Å²) < 4.78 is 0. The van der Waals surface area contributed by atoms with E-state index < -0.39 is 0 Å². The van der Waals surface area contributed by atoms with Crippen molar-refractivity contribution in [3.8, 4) is 0 Å². The van der Waals surface area contributed by atoms with E-state index in [2.05, 4.69) is 61.6 Å². The molecule has 0 spiro atoms. The largest absolute Gasteiger partial charge is 0.378 e. The van der Waals surface area contributed by atoms with Crippen molar-refractivity contribution in [2.75, 3.05) is 10.2 Å². The first-order valence-corrected chi connectivity index (χ1v) is 10.9. The smallest absolute Gasteiger partial charge is 0.227 e. The summed E-state index contributed by atoms with van der Waals surface area (Å²) >= 11 is 0. The number of rotatable bonds is 9. The molecule has 0 fully saturated rings. The van der Waals surface area contributed by atoms with Gasteiger partial charge in [-0.2, -0.15) is 0 Å². The Labute approximate surface area is 170 Å². The number of carbonyl (C=O) groups is 1. The minimum absolute atomic E-state index is 0.198. The number of nitrogens with zero attached hydrogens (tertiary/aromatic N) is 1. The predicted molar refractivity (Wildman–Crippen MR) is 119 cm³/mol. The van der Waals surface area contributed by atoms with E-state index in [1.165, 1.54) is 31.2 Å². The molecule has 28 heavy (non-hydrogen) atoms. The number of para-hydroxylation sites is 2. The Morgan fingerprint density at radius 3 is 2.43 bits per heavy atom. The van der Waals surface area contributed by atoms with Crippen LogP contribution in [0, 0.1) is 0 Å². The molecule has 3 rings (SSSR count). The van der Waals surface area contributed by atoms with E-state index in [1.807, 2.05) is 17.0 Å². The highest BCUT2D eigenvalue weighted by Gasteiger charge is 2.33. The van der Waals surface area contributed by atoms with Crippen LogP contribution in [0.15, 0.2) is 54.6 Å². The van der Waals surface area contributed by atoms with Gasteiger partial charge in [0.05, 0.1) is 6.04 Å². The van der Waals surface area contributed by atoms with Crippen LogP contribution in [0.1, 0.15) is 76.8 Å². The van der Waals surface area contributed by atoms with Gasteiger partial charge in [-0.3, -0.25) is 4.79 Å². The molecule has 0 radical (unpaired) electrons. The Bertz CT molecular complexity index is 743. The van der Waals surface area contributed by atoms with Gasteiger partial charge in [0.2, 0.25) is 5.91 Å². The summed E-state index contributed by atoms with van der Waals surface area (Å²) in [6.45, 7) is 4.41. The van der Waals surface area contributed by atoms with E-state index >= 15 is 0 Å². The van der Waals surface area contributed by atoms with Gasteiger partial charge in [0.1, 0.15) is 0 Å². The summed E-state index contributed by atoms with van der Waals surface area (Å²) in [4.78, 5) is 15.1. The lowest BCUT2D eigenvalue weighted by Gasteiger charge is -2.40. The van der Waals surface area contributed by atoms with E-state index in [4.69, 9.17) is 0 Å². The van der Waals surface area contributed by atoms with Crippen LogP contribution in [-0.2, 0) is 4.79 Å². The van der Waals surface area contributed by atoms with Crippen molar-refractivity contribution in [1.29, 1.82) is 0 Å². The monoisotopic (exact) mass is 378 g/mol. The number of nitrogens with one attached hydrogen (secondary N) is 1. The number of amides is 1. The zero-order valence-electron chi connectivity index (χ0n) is 17.4. The SMILES string of the molecule is CCCCCCCCC(=O)N1c2ccccc2[C@@H](Nc2ccccc2)C[C@@H]1C. The third-order valence-corrected chi connectivity index (χ3v) is 5.72. The topological polar surface area (TPSA) is 32.3 Å². The lowest BCUT2D eigenvalue weighted by Crippen LogP contribution is -2.44. The maximum atomic E-state index is 13.0. The van der Waals surface area contributed by atoms with Crippen molar-refractivity contribution in [1.82, 2.24) is 0 Å². The van der Waals surface area contributed by atoms with Crippen LogP contribution in [0.5, 0.6) is 0 Å². The molecule has 1 amide bonds. The molecular weight excluding hydrogens is 344 g/mol. The zero-order chi connectivity index (χ0) is 19.8. The predicted octanol–water partition coefficient (Wildman–Crippen LogP) is 6.72. The average Bonchev–Trinajstić information content (AvgIpc) is 2.71. The van der Waals surface area contributed by atoms with Crippen LogP contribution in [0.4, 0.5) is 11.4 Å². The summed E-state index contributed by atoms with van der Waals surface area (Å²) in [5.41, 5.74) is 3.42. The van der Waals surface area contributed by atoms with E-state index in [1.54, 1.807) is 0 Å². The molecule has 3 nitrogen and oxygen atoms in total. The molecule has 0 unspecified atom stereocenters. The van der Waals surface area contributed by atoms with Crippen LogP contribution in [0.25, 0.3) is 0 Å². The minimum Gasteiger partial charge on any atom is -0.378 e. The Morgan fingerprint density at radius 1 is 0.964 bits per heavy atom. The summed E-state index contributed by atoms with van der Waals surface area (Å²) in [6, 6.07) is 19.1. The molecule has 0 saturated heterocycles. The highest BCUT2D eigenvalue weighted by Crippen LogP contribution is 2.39. The first kappa shape index (κ1) is 20.4. The van der Waals surface area contributed by atoms with Gasteiger partial charge in [0.15, 0.2) is 0 Å². The Kier molecular flexibility index (Phi) is 7.53. The van der Waals surface area contributed by atoms with Gasteiger partial charge in [-0.05, 0) is 43.5 Å². The number of anilines is 2. The van der Waals surface area contributed by atoms with Gasteiger partial charge >= 0.3 is 0 Å². The minimum atomic E-state index is 0.198. The second-order valence-electron chi connectivity index (χ2n) is 7.99. The van der Waals surface area contributed by atoms with Gasteiger partial charge in [0, 0.05) is 23.8 Å².